The predicted molar refractivity (Wildman–Crippen MR) is 80.9 cm³/mol. The Morgan fingerprint density at radius 2 is 2.14 bits per heavy atom. The van der Waals surface area contributed by atoms with Crippen LogP contribution < -0.4 is 5.73 Å². The van der Waals surface area contributed by atoms with Crippen LogP contribution in [0.25, 0.3) is 0 Å². The second-order valence-corrected chi connectivity index (χ2v) is 5.28. The maximum absolute atomic E-state index is 12.3. The summed E-state index contributed by atoms with van der Waals surface area (Å²) in [5, 5.41) is 0. The normalized spacial score (nSPS) is 19.5. The summed E-state index contributed by atoms with van der Waals surface area (Å²) >= 11 is 0. The lowest BCUT2D eigenvalue weighted by Gasteiger charge is -2.33. The molecule has 1 aromatic carbocycles. The lowest BCUT2D eigenvalue weighted by atomic mass is 10.1. The van der Waals surface area contributed by atoms with Crippen molar-refractivity contribution in [2.45, 2.75) is 25.0 Å². The summed E-state index contributed by atoms with van der Waals surface area (Å²) in [6, 6.07) is 9.09. The third-order valence-corrected chi connectivity index (χ3v) is 3.76. The summed E-state index contributed by atoms with van der Waals surface area (Å²) in [5.41, 5.74) is 6.72. The lowest BCUT2D eigenvalue weighted by Crippen LogP contribution is -2.43. The maximum atomic E-state index is 12.3. The van der Waals surface area contributed by atoms with Gasteiger partial charge in [-0.2, -0.15) is 0 Å². The van der Waals surface area contributed by atoms with E-state index < -0.39 is 12.0 Å². The van der Waals surface area contributed by atoms with E-state index in [4.69, 9.17) is 10.5 Å². The lowest BCUT2D eigenvalue weighted by molar-refractivity contribution is -0.143. The topological polar surface area (TPSA) is 81.9 Å². The second kappa shape index (κ2) is 7.91. The number of esters is 1. The number of benzene rings is 1. The van der Waals surface area contributed by atoms with Crippen molar-refractivity contribution in [2.24, 2.45) is 5.73 Å². The van der Waals surface area contributed by atoms with Crippen LogP contribution in [-0.2, 0) is 19.1 Å². The van der Waals surface area contributed by atoms with Crippen LogP contribution in [-0.4, -0.2) is 49.6 Å². The zero-order valence-corrected chi connectivity index (χ0v) is 12.7. The molecule has 1 heterocycles. The van der Waals surface area contributed by atoms with E-state index in [2.05, 4.69) is 4.74 Å². The first-order valence-electron chi connectivity index (χ1n) is 7.39. The van der Waals surface area contributed by atoms with Gasteiger partial charge in [0.25, 0.3) is 0 Å². The number of carbonyl (C=O) groups is 2. The van der Waals surface area contributed by atoms with Crippen LogP contribution in [0.3, 0.4) is 0 Å². The smallest absolute Gasteiger partial charge is 0.322 e. The largest absolute Gasteiger partial charge is 0.468 e. The minimum absolute atomic E-state index is 0.0106. The fourth-order valence-electron chi connectivity index (χ4n) is 2.45. The van der Waals surface area contributed by atoms with Crippen LogP contribution in [0.15, 0.2) is 30.3 Å². The van der Waals surface area contributed by atoms with Gasteiger partial charge in [0.15, 0.2) is 0 Å². The highest BCUT2D eigenvalue weighted by atomic mass is 16.5. The average molecular weight is 306 g/mol. The quantitative estimate of drug-likeness (QED) is 0.816. The summed E-state index contributed by atoms with van der Waals surface area (Å²) in [6.07, 6.45) is 0.421. The summed E-state index contributed by atoms with van der Waals surface area (Å²) in [5.74, 6) is -0.500. The Labute approximate surface area is 130 Å². The van der Waals surface area contributed by atoms with E-state index in [9.17, 15) is 9.59 Å². The molecular formula is C16H22N2O4. The summed E-state index contributed by atoms with van der Waals surface area (Å²) < 4.78 is 10.3. The Kier molecular flexibility index (Phi) is 5.91. The molecule has 1 saturated heterocycles. The standard InChI is InChI=1S/C16H22N2O4/c1-21-16(20)13(17)7-8-15(19)18-9-10-22-14(11-18)12-5-3-2-4-6-12/h2-6,13-14H,7-11,17H2,1H3/t13-,14?/m0/s1. The molecule has 0 saturated carbocycles. The maximum Gasteiger partial charge on any atom is 0.322 e. The molecule has 0 radical (unpaired) electrons. The first-order chi connectivity index (χ1) is 10.6. The number of ether oxygens (including phenoxy) is 2. The van der Waals surface area contributed by atoms with Gasteiger partial charge in [-0.25, -0.2) is 0 Å². The van der Waals surface area contributed by atoms with Gasteiger partial charge in [0, 0.05) is 13.0 Å². The van der Waals surface area contributed by atoms with E-state index >= 15 is 0 Å². The Balaban J connectivity index is 1.86. The molecule has 120 valence electrons. The molecule has 0 bridgehead atoms. The molecule has 22 heavy (non-hydrogen) atoms. The number of methoxy groups -OCH3 is 1. The number of morpholine rings is 1. The van der Waals surface area contributed by atoms with Gasteiger partial charge in [-0.3, -0.25) is 9.59 Å². The number of rotatable bonds is 5. The fourth-order valence-corrected chi connectivity index (χ4v) is 2.45. The number of nitrogens with zero attached hydrogens (tertiary/aromatic N) is 1. The van der Waals surface area contributed by atoms with Crippen LogP contribution in [0.1, 0.15) is 24.5 Å². The number of hydrogen-bond donors (Lipinski definition) is 1. The summed E-state index contributed by atoms with van der Waals surface area (Å²) in [4.78, 5) is 25.3. The molecule has 1 aliphatic heterocycles. The van der Waals surface area contributed by atoms with Gasteiger partial charge >= 0.3 is 5.97 Å². The third kappa shape index (κ3) is 4.29. The highest BCUT2D eigenvalue weighted by Crippen LogP contribution is 2.22. The van der Waals surface area contributed by atoms with Crippen molar-refractivity contribution in [1.82, 2.24) is 4.90 Å². The van der Waals surface area contributed by atoms with E-state index in [1.165, 1.54) is 7.11 Å². The summed E-state index contributed by atoms with van der Waals surface area (Å²) in [7, 11) is 1.29. The Hall–Kier alpha value is -1.92. The van der Waals surface area contributed by atoms with E-state index in [-0.39, 0.29) is 18.4 Å². The molecule has 1 fully saturated rings. The van der Waals surface area contributed by atoms with Crippen molar-refractivity contribution in [3.8, 4) is 0 Å². The van der Waals surface area contributed by atoms with Gasteiger partial charge in [0.1, 0.15) is 12.1 Å². The highest BCUT2D eigenvalue weighted by Gasteiger charge is 2.26. The van der Waals surface area contributed by atoms with Gasteiger partial charge in [0.2, 0.25) is 5.91 Å². The molecule has 0 spiro atoms. The SMILES string of the molecule is COC(=O)[C@@H](N)CCC(=O)N1CCOC(c2ccccc2)C1. The van der Waals surface area contributed by atoms with Crippen molar-refractivity contribution < 1.29 is 19.1 Å². The van der Waals surface area contributed by atoms with Crippen LogP contribution in [0.5, 0.6) is 0 Å². The molecule has 2 N–H and O–H groups in total. The Morgan fingerprint density at radius 3 is 2.82 bits per heavy atom. The molecule has 1 aromatic rings. The van der Waals surface area contributed by atoms with Crippen LogP contribution >= 0.6 is 0 Å². The first-order valence-corrected chi connectivity index (χ1v) is 7.39. The minimum Gasteiger partial charge on any atom is -0.468 e. The minimum atomic E-state index is -0.750. The van der Waals surface area contributed by atoms with Crippen LogP contribution in [0.2, 0.25) is 0 Å². The molecular weight excluding hydrogens is 284 g/mol. The van der Waals surface area contributed by atoms with Gasteiger partial charge < -0.3 is 20.1 Å². The molecule has 2 atom stereocenters. The Morgan fingerprint density at radius 1 is 1.41 bits per heavy atom. The van der Waals surface area contributed by atoms with Crippen LogP contribution in [0.4, 0.5) is 0 Å². The molecule has 1 amide bonds. The molecule has 0 aliphatic carbocycles. The first kappa shape index (κ1) is 16.5. The van der Waals surface area contributed by atoms with E-state index in [0.29, 0.717) is 26.1 Å². The van der Waals surface area contributed by atoms with Gasteiger partial charge in [-0.1, -0.05) is 30.3 Å². The van der Waals surface area contributed by atoms with E-state index in [0.717, 1.165) is 5.56 Å². The van der Waals surface area contributed by atoms with E-state index in [1.54, 1.807) is 4.90 Å². The number of hydrogen-bond acceptors (Lipinski definition) is 5. The molecule has 1 unspecified atom stereocenters. The number of carbonyl (C=O) groups excluding carboxylic acids is 2. The third-order valence-electron chi connectivity index (χ3n) is 3.76. The monoisotopic (exact) mass is 306 g/mol. The van der Waals surface area contributed by atoms with Gasteiger partial charge in [-0.15, -0.1) is 0 Å². The van der Waals surface area contributed by atoms with Gasteiger partial charge in [0.05, 0.1) is 20.3 Å². The number of amides is 1. The summed E-state index contributed by atoms with van der Waals surface area (Å²) in [6.45, 7) is 1.60. The molecule has 6 heteroatoms. The molecule has 1 aliphatic rings. The van der Waals surface area contributed by atoms with Crippen molar-refractivity contribution in [3.05, 3.63) is 35.9 Å². The van der Waals surface area contributed by atoms with Crippen molar-refractivity contribution >= 4 is 11.9 Å². The molecule has 6 nitrogen and oxygen atoms in total. The van der Waals surface area contributed by atoms with Crippen molar-refractivity contribution in [1.29, 1.82) is 0 Å². The zero-order chi connectivity index (χ0) is 15.9. The van der Waals surface area contributed by atoms with Crippen LogP contribution in [0, 0.1) is 0 Å². The predicted octanol–water partition coefficient (Wildman–Crippen LogP) is 0.867. The second-order valence-electron chi connectivity index (χ2n) is 5.28. The molecule has 2 rings (SSSR count). The zero-order valence-electron chi connectivity index (χ0n) is 12.7. The van der Waals surface area contributed by atoms with Gasteiger partial charge in [-0.05, 0) is 12.0 Å². The van der Waals surface area contributed by atoms with E-state index in [1.807, 2.05) is 30.3 Å². The fraction of sp³-hybridized carbons (Fsp3) is 0.500. The van der Waals surface area contributed by atoms with Crippen molar-refractivity contribution in [3.63, 3.8) is 0 Å². The number of nitrogens with two attached hydrogens (primary N) is 1. The highest BCUT2D eigenvalue weighted by molar-refractivity contribution is 5.79. The average Bonchev–Trinajstić information content (AvgIpc) is 2.59. The molecule has 0 aromatic heterocycles. The van der Waals surface area contributed by atoms with Crippen molar-refractivity contribution in [2.75, 3.05) is 26.8 Å². The Bertz CT molecular complexity index is 506.